The first-order chi connectivity index (χ1) is 14.6. The number of aromatic carboxylic acids is 1. The minimum atomic E-state index is -1.19. The summed E-state index contributed by atoms with van der Waals surface area (Å²) in [5.41, 5.74) is 3.83. The molecule has 6 heteroatoms. The van der Waals surface area contributed by atoms with Crippen LogP contribution in [0.4, 0.5) is 0 Å². The SMILES string of the molecule is COc1ccc(Cn2c(C(=O)[O-])c(CNCc3ccco3)c3ccc(C)cc32)cc1. The molecule has 2 aromatic heterocycles. The summed E-state index contributed by atoms with van der Waals surface area (Å²) in [6.45, 7) is 3.32. The fourth-order valence-electron chi connectivity index (χ4n) is 3.75. The molecule has 4 aromatic rings. The van der Waals surface area contributed by atoms with Crippen molar-refractivity contribution >= 4 is 16.9 Å². The first kappa shape index (κ1) is 19.8. The van der Waals surface area contributed by atoms with Gasteiger partial charge in [0.15, 0.2) is 0 Å². The van der Waals surface area contributed by atoms with E-state index >= 15 is 0 Å². The van der Waals surface area contributed by atoms with Crippen LogP contribution in [0.3, 0.4) is 0 Å². The van der Waals surface area contributed by atoms with Crippen molar-refractivity contribution in [3.8, 4) is 5.75 Å². The molecule has 0 aliphatic rings. The lowest BCUT2D eigenvalue weighted by molar-refractivity contribution is -0.255. The number of nitrogens with one attached hydrogen (secondary N) is 1. The second-order valence-electron chi connectivity index (χ2n) is 7.25. The van der Waals surface area contributed by atoms with E-state index < -0.39 is 5.97 Å². The van der Waals surface area contributed by atoms with Crippen LogP contribution in [0.15, 0.2) is 65.3 Å². The van der Waals surface area contributed by atoms with Gasteiger partial charge in [0.25, 0.3) is 0 Å². The molecule has 1 N–H and O–H groups in total. The zero-order valence-electron chi connectivity index (χ0n) is 17.0. The number of rotatable bonds is 8. The summed E-state index contributed by atoms with van der Waals surface area (Å²) in [4.78, 5) is 12.2. The number of benzene rings is 2. The number of carbonyl (C=O) groups is 1. The van der Waals surface area contributed by atoms with Gasteiger partial charge in [-0.2, -0.15) is 0 Å². The zero-order valence-corrected chi connectivity index (χ0v) is 17.0. The molecule has 0 saturated carbocycles. The van der Waals surface area contributed by atoms with Gasteiger partial charge in [0.1, 0.15) is 11.5 Å². The number of furan rings is 1. The Hall–Kier alpha value is -3.51. The van der Waals surface area contributed by atoms with Gasteiger partial charge in [0.05, 0.1) is 31.6 Å². The fraction of sp³-hybridized carbons (Fsp3) is 0.208. The lowest BCUT2D eigenvalue weighted by atomic mass is 10.1. The average molecular weight is 403 g/mol. The van der Waals surface area contributed by atoms with Gasteiger partial charge >= 0.3 is 0 Å². The van der Waals surface area contributed by atoms with E-state index in [2.05, 4.69) is 5.32 Å². The van der Waals surface area contributed by atoms with Gasteiger partial charge in [-0.05, 0) is 48.4 Å². The number of methoxy groups -OCH3 is 1. The predicted molar refractivity (Wildman–Crippen MR) is 112 cm³/mol. The Labute approximate surface area is 174 Å². The number of carbonyl (C=O) groups excluding carboxylic acids is 1. The van der Waals surface area contributed by atoms with E-state index in [0.717, 1.165) is 33.5 Å². The fourth-order valence-corrected chi connectivity index (χ4v) is 3.75. The van der Waals surface area contributed by atoms with E-state index in [1.807, 2.05) is 66.1 Å². The van der Waals surface area contributed by atoms with Crippen LogP contribution in [0.2, 0.25) is 0 Å². The molecule has 2 heterocycles. The van der Waals surface area contributed by atoms with Crippen molar-refractivity contribution in [2.45, 2.75) is 26.6 Å². The predicted octanol–water partition coefficient (Wildman–Crippen LogP) is 3.25. The molecule has 0 spiro atoms. The van der Waals surface area contributed by atoms with E-state index in [9.17, 15) is 9.90 Å². The number of hydrogen-bond donors (Lipinski definition) is 1. The Morgan fingerprint density at radius 2 is 1.93 bits per heavy atom. The molecule has 0 bridgehead atoms. The molecule has 2 aromatic carbocycles. The molecule has 0 amide bonds. The quantitative estimate of drug-likeness (QED) is 0.489. The maximum atomic E-state index is 12.2. The monoisotopic (exact) mass is 403 g/mol. The standard InChI is InChI=1S/C24H24N2O4/c1-16-5-10-20-21(14-25-13-19-4-3-11-30-19)23(24(27)28)26(22(20)12-16)15-17-6-8-18(29-2)9-7-17/h3-12,25H,13-15H2,1-2H3,(H,27,28)/p-1. The van der Waals surface area contributed by atoms with E-state index in [1.165, 1.54) is 0 Å². The number of aromatic nitrogens is 1. The molecular weight excluding hydrogens is 380 g/mol. The Kier molecular flexibility index (Phi) is 5.59. The molecule has 0 radical (unpaired) electrons. The number of fused-ring (bicyclic) bond motifs is 1. The number of carboxylic acid groups (broad SMARTS) is 1. The van der Waals surface area contributed by atoms with E-state index in [1.54, 1.807) is 13.4 Å². The van der Waals surface area contributed by atoms with E-state index in [0.29, 0.717) is 25.2 Å². The maximum absolute atomic E-state index is 12.2. The van der Waals surface area contributed by atoms with Crippen LogP contribution >= 0.6 is 0 Å². The first-order valence-electron chi connectivity index (χ1n) is 9.76. The minimum Gasteiger partial charge on any atom is -0.543 e. The third kappa shape index (κ3) is 3.95. The van der Waals surface area contributed by atoms with Gasteiger partial charge in [-0.25, -0.2) is 0 Å². The summed E-state index contributed by atoms with van der Waals surface area (Å²) < 4.78 is 12.4. The van der Waals surface area contributed by atoms with Gasteiger partial charge in [-0.1, -0.05) is 24.3 Å². The highest BCUT2D eigenvalue weighted by molar-refractivity contribution is 5.97. The average Bonchev–Trinajstić information content (AvgIpc) is 3.35. The zero-order chi connectivity index (χ0) is 21.1. The minimum absolute atomic E-state index is 0.193. The first-order valence-corrected chi connectivity index (χ1v) is 9.76. The summed E-state index contributed by atoms with van der Waals surface area (Å²) in [5.74, 6) is 0.366. The van der Waals surface area contributed by atoms with Crippen LogP contribution in [0.5, 0.6) is 5.75 Å². The van der Waals surface area contributed by atoms with Crippen LogP contribution in [0, 0.1) is 6.92 Å². The van der Waals surface area contributed by atoms with Crippen molar-refractivity contribution in [2.24, 2.45) is 0 Å². The van der Waals surface area contributed by atoms with Crippen LogP contribution in [-0.2, 0) is 19.6 Å². The highest BCUT2D eigenvalue weighted by Crippen LogP contribution is 2.28. The highest BCUT2D eigenvalue weighted by Gasteiger charge is 2.18. The van der Waals surface area contributed by atoms with Gasteiger partial charge in [0, 0.05) is 29.6 Å². The molecular formula is C24H23N2O4-. The van der Waals surface area contributed by atoms with Gasteiger partial charge in [0.2, 0.25) is 0 Å². The van der Waals surface area contributed by atoms with Crippen LogP contribution in [0.25, 0.3) is 10.9 Å². The van der Waals surface area contributed by atoms with Gasteiger partial charge in [-0.15, -0.1) is 0 Å². The summed E-state index contributed by atoms with van der Waals surface area (Å²) in [7, 11) is 1.62. The number of carboxylic acids is 1. The molecule has 0 fully saturated rings. The smallest absolute Gasteiger partial charge is 0.118 e. The van der Waals surface area contributed by atoms with Gasteiger partial charge in [-0.3, -0.25) is 0 Å². The van der Waals surface area contributed by atoms with Crippen molar-refractivity contribution in [3.63, 3.8) is 0 Å². The largest absolute Gasteiger partial charge is 0.543 e. The second kappa shape index (κ2) is 8.47. The lowest BCUT2D eigenvalue weighted by Gasteiger charge is -2.14. The Bertz CT molecular complexity index is 1160. The summed E-state index contributed by atoms with van der Waals surface area (Å²) in [6.07, 6.45) is 1.62. The molecule has 6 nitrogen and oxygen atoms in total. The molecule has 0 aliphatic heterocycles. The topological polar surface area (TPSA) is 79.5 Å². The van der Waals surface area contributed by atoms with Crippen LogP contribution in [0.1, 0.15) is 32.9 Å². The Morgan fingerprint density at radius 3 is 2.60 bits per heavy atom. The number of ether oxygens (including phenoxy) is 1. The summed E-state index contributed by atoms with van der Waals surface area (Å²) in [5, 5.41) is 16.4. The third-order valence-corrected chi connectivity index (χ3v) is 5.20. The highest BCUT2D eigenvalue weighted by atomic mass is 16.5. The second-order valence-corrected chi connectivity index (χ2v) is 7.25. The normalized spacial score (nSPS) is 11.1. The van der Waals surface area contributed by atoms with Crippen molar-refractivity contribution in [1.82, 2.24) is 9.88 Å². The number of hydrogen-bond acceptors (Lipinski definition) is 5. The summed E-state index contributed by atoms with van der Waals surface area (Å²) in [6, 6.07) is 17.3. The third-order valence-electron chi connectivity index (χ3n) is 5.20. The molecule has 30 heavy (non-hydrogen) atoms. The molecule has 0 atom stereocenters. The van der Waals surface area contributed by atoms with Gasteiger partial charge < -0.3 is 28.9 Å². The molecule has 0 unspecified atom stereocenters. The van der Waals surface area contributed by atoms with Crippen molar-refractivity contribution in [1.29, 1.82) is 0 Å². The molecule has 4 rings (SSSR count). The van der Waals surface area contributed by atoms with Crippen LogP contribution < -0.4 is 15.2 Å². The molecule has 154 valence electrons. The molecule has 0 saturated heterocycles. The van der Waals surface area contributed by atoms with Crippen LogP contribution in [-0.4, -0.2) is 17.6 Å². The number of nitrogens with zero attached hydrogens (tertiary/aromatic N) is 1. The van der Waals surface area contributed by atoms with E-state index in [-0.39, 0.29) is 5.69 Å². The lowest BCUT2D eigenvalue weighted by Crippen LogP contribution is -2.28. The summed E-state index contributed by atoms with van der Waals surface area (Å²) >= 11 is 0. The Balaban J connectivity index is 1.74. The van der Waals surface area contributed by atoms with Crippen molar-refractivity contribution in [3.05, 3.63) is 89.0 Å². The molecule has 0 aliphatic carbocycles. The van der Waals surface area contributed by atoms with Crippen molar-refractivity contribution < 1.29 is 19.1 Å². The van der Waals surface area contributed by atoms with E-state index in [4.69, 9.17) is 9.15 Å². The number of aryl methyl sites for hydroxylation is 1. The Morgan fingerprint density at radius 1 is 1.13 bits per heavy atom. The maximum Gasteiger partial charge on any atom is 0.118 e. The van der Waals surface area contributed by atoms with Crippen molar-refractivity contribution in [2.75, 3.05) is 7.11 Å².